The van der Waals surface area contributed by atoms with E-state index >= 15 is 0 Å². The van der Waals surface area contributed by atoms with Gasteiger partial charge in [-0.05, 0) is 53.3 Å². The fraction of sp³-hybridized carbons (Fsp3) is 0.241. The summed E-state index contributed by atoms with van der Waals surface area (Å²) in [7, 11) is 1.50. The average Bonchev–Trinajstić information content (AvgIpc) is 2.82. The highest BCUT2D eigenvalue weighted by molar-refractivity contribution is 5.90. The van der Waals surface area contributed by atoms with Crippen LogP contribution in [0.5, 0.6) is 17.2 Å². The van der Waals surface area contributed by atoms with Crippen LogP contribution in [0, 0.1) is 18.3 Å². The topological polar surface area (TPSA) is 68.5 Å². The van der Waals surface area contributed by atoms with Gasteiger partial charge in [0.2, 0.25) is 0 Å². The molecule has 3 aromatic carbocycles. The molecule has 3 aromatic rings. The second-order valence-corrected chi connectivity index (χ2v) is 8.96. The summed E-state index contributed by atoms with van der Waals surface area (Å²) >= 11 is 0. The second-order valence-electron chi connectivity index (χ2n) is 8.96. The number of nitriles is 1. The first-order chi connectivity index (χ1) is 16.2. The first kappa shape index (κ1) is 24.6. The maximum absolute atomic E-state index is 12.5. The number of allylic oxidation sites excluding steroid dienone is 1. The molecule has 0 saturated carbocycles. The number of methoxy groups -OCH3 is 1. The third kappa shape index (κ3) is 6.26. The Balaban J connectivity index is 1.74. The van der Waals surface area contributed by atoms with Gasteiger partial charge in [-0.3, -0.25) is 0 Å². The van der Waals surface area contributed by atoms with Gasteiger partial charge >= 0.3 is 5.97 Å². The molecule has 0 amide bonds. The van der Waals surface area contributed by atoms with Crippen LogP contribution in [-0.2, 0) is 10.2 Å². The van der Waals surface area contributed by atoms with Crippen LogP contribution in [0.1, 0.15) is 43.0 Å². The highest BCUT2D eigenvalue weighted by Gasteiger charge is 2.20. The maximum Gasteiger partial charge on any atom is 0.349 e. The molecule has 0 spiro atoms. The summed E-state index contributed by atoms with van der Waals surface area (Å²) in [6.45, 7) is 8.09. The Labute approximate surface area is 201 Å². The van der Waals surface area contributed by atoms with Crippen molar-refractivity contribution in [1.29, 1.82) is 5.26 Å². The first-order valence-corrected chi connectivity index (χ1v) is 11.0. The number of carbonyl (C=O) groups is 1. The molecule has 34 heavy (non-hydrogen) atoms. The maximum atomic E-state index is 12.5. The van der Waals surface area contributed by atoms with Crippen LogP contribution in [0.2, 0.25) is 0 Å². The van der Waals surface area contributed by atoms with Gasteiger partial charge in [0.1, 0.15) is 5.75 Å². The minimum absolute atomic E-state index is 0.125. The molecule has 0 saturated heterocycles. The molecule has 0 bridgehead atoms. The minimum atomic E-state index is -0.538. The molecule has 3 rings (SSSR count). The van der Waals surface area contributed by atoms with Crippen molar-refractivity contribution >= 4 is 17.6 Å². The molecule has 174 valence electrons. The van der Waals surface area contributed by atoms with Crippen molar-refractivity contribution in [3.63, 3.8) is 0 Å². The predicted molar refractivity (Wildman–Crippen MR) is 134 cm³/mol. The van der Waals surface area contributed by atoms with Crippen molar-refractivity contribution in [2.45, 2.75) is 33.1 Å². The number of hydrogen-bond acceptors (Lipinski definition) is 5. The largest absolute Gasteiger partial charge is 0.493 e. The molecular weight excluding hydrogens is 426 g/mol. The van der Waals surface area contributed by atoms with Gasteiger partial charge in [0.05, 0.1) is 18.8 Å². The number of carbonyl (C=O) groups excluding carboxylic acids is 1. The van der Waals surface area contributed by atoms with Crippen LogP contribution in [0.3, 0.4) is 0 Å². The lowest BCUT2D eigenvalue weighted by molar-refractivity contribution is -0.136. The van der Waals surface area contributed by atoms with Crippen molar-refractivity contribution in [3.05, 3.63) is 89.0 Å². The van der Waals surface area contributed by atoms with E-state index in [9.17, 15) is 10.1 Å². The third-order valence-corrected chi connectivity index (χ3v) is 5.22. The zero-order valence-electron chi connectivity index (χ0n) is 20.2. The number of benzene rings is 3. The number of esters is 1. The quantitative estimate of drug-likeness (QED) is 0.180. The van der Waals surface area contributed by atoms with E-state index in [0.29, 0.717) is 17.1 Å². The van der Waals surface area contributed by atoms with E-state index in [2.05, 4.69) is 32.9 Å². The van der Waals surface area contributed by atoms with Crippen LogP contribution in [-0.4, -0.2) is 19.7 Å². The Bertz CT molecular complexity index is 1230. The summed E-state index contributed by atoms with van der Waals surface area (Å²) in [6.07, 6.45) is 1.76. The van der Waals surface area contributed by atoms with Gasteiger partial charge in [0, 0.05) is 0 Å². The van der Waals surface area contributed by atoms with Crippen LogP contribution >= 0.6 is 0 Å². The number of hydrogen-bond donors (Lipinski definition) is 0. The van der Waals surface area contributed by atoms with Gasteiger partial charge in [-0.25, -0.2) is 4.79 Å². The van der Waals surface area contributed by atoms with Crippen molar-refractivity contribution in [3.8, 4) is 23.3 Å². The van der Waals surface area contributed by atoms with Crippen LogP contribution in [0.25, 0.3) is 11.6 Å². The van der Waals surface area contributed by atoms with Crippen LogP contribution in [0.15, 0.2) is 66.7 Å². The SMILES string of the molecule is COc1cc(C=C(C#N)c2ccccc2)ccc1OC(=O)COc1ccc(C)cc1C(C)(C)C. The summed E-state index contributed by atoms with van der Waals surface area (Å²) < 4.78 is 16.7. The van der Waals surface area contributed by atoms with E-state index in [1.807, 2.05) is 49.4 Å². The Hall–Kier alpha value is -4.04. The van der Waals surface area contributed by atoms with Gasteiger partial charge in [-0.1, -0.05) is 74.9 Å². The van der Waals surface area contributed by atoms with Gasteiger partial charge < -0.3 is 14.2 Å². The highest BCUT2D eigenvalue weighted by Crippen LogP contribution is 2.33. The smallest absolute Gasteiger partial charge is 0.349 e. The summed E-state index contributed by atoms with van der Waals surface area (Å²) in [6, 6.07) is 22.7. The zero-order valence-corrected chi connectivity index (χ0v) is 20.2. The molecule has 0 aromatic heterocycles. The standard InChI is InChI=1S/C29H29NO4/c1-20-11-13-25(24(15-20)29(2,3)4)33-19-28(31)34-26-14-12-21(17-27(26)32-5)16-23(18-30)22-9-7-6-8-10-22/h6-17H,19H2,1-5H3. The van der Waals surface area contributed by atoms with Crippen molar-refractivity contribution in [2.75, 3.05) is 13.7 Å². The van der Waals surface area contributed by atoms with Gasteiger partial charge in [0.25, 0.3) is 0 Å². The van der Waals surface area contributed by atoms with E-state index in [-0.39, 0.29) is 17.8 Å². The van der Waals surface area contributed by atoms with E-state index in [1.165, 1.54) is 7.11 Å². The number of rotatable bonds is 7. The van der Waals surface area contributed by atoms with Gasteiger partial charge in [0.15, 0.2) is 18.1 Å². The van der Waals surface area contributed by atoms with Crippen LogP contribution in [0.4, 0.5) is 0 Å². The second kappa shape index (κ2) is 10.7. The molecule has 0 atom stereocenters. The number of nitrogens with zero attached hydrogens (tertiary/aromatic N) is 1. The fourth-order valence-corrected chi connectivity index (χ4v) is 3.47. The molecule has 0 aliphatic rings. The van der Waals surface area contributed by atoms with Crippen molar-refractivity contribution in [1.82, 2.24) is 0 Å². The number of ether oxygens (including phenoxy) is 3. The molecule has 5 nitrogen and oxygen atoms in total. The number of aryl methyl sites for hydroxylation is 1. The molecule has 0 aliphatic heterocycles. The third-order valence-electron chi connectivity index (χ3n) is 5.22. The van der Waals surface area contributed by atoms with E-state index in [1.54, 1.807) is 24.3 Å². The molecule has 0 aliphatic carbocycles. The lowest BCUT2D eigenvalue weighted by Crippen LogP contribution is -2.20. The van der Waals surface area contributed by atoms with E-state index in [0.717, 1.165) is 22.3 Å². The average molecular weight is 456 g/mol. The Morgan fingerprint density at radius 2 is 1.68 bits per heavy atom. The summed E-state index contributed by atoms with van der Waals surface area (Å²) in [5.41, 5.74) is 4.13. The van der Waals surface area contributed by atoms with E-state index < -0.39 is 5.97 Å². The Kier molecular flexibility index (Phi) is 7.75. The fourth-order valence-electron chi connectivity index (χ4n) is 3.47. The molecule has 0 fully saturated rings. The summed E-state index contributed by atoms with van der Waals surface area (Å²) in [5.74, 6) is 0.793. The van der Waals surface area contributed by atoms with Crippen LogP contribution < -0.4 is 14.2 Å². The molecule has 0 N–H and O–H groups in total. The van der Waals surface area contributed by atoms with Gasteiger partial charge in [-0.15, -0.1) is 0 Å². The molecule has 5 heteroatoms. The summed E-state index contributed by atoms with van der Waals surface area (Å²) in [5, 5.41) is 9.55. The summed E-state index contributed by atoms with van der Waals surface area (Å²) in [4.78, 5) is 12.5. The van der Waals surface area contributed by atoms with Crippen molar-refractivity contribution < 1.29 is 19.0 Å². The Morgan fingerprint density at radius 1 is 0.971 bits per heavy atom. The predicted octanol–water partition coefficient (Wildman–Crippen LogP) is 6.35. The van der Waals surface area contributed by atoms with Crippen molar-refractivity contribution in [2.24, 2.45) is 0 Å². The molecule has 0 radical (unpaired) electrons. The Morgan fingerprint density at radius 3 is 2.32 bits per heavy atom. The lowest BCUT2D eigenvalue weighted by Gasteiger charge is -2.23. The molecule has 0 heterocycles. The van der Waals surface area contributed by atoms with Gasteiger partial charge in [-0.2, -0.15) is 5.26 Å². The van der Waals surface area contributed by atoms with E-state index in [4.69, 9.17) is 14.2 Å². The molecule has 0 unspecified atom stereocenters. The zero-order chi connectivity index (χ0) is 24.7. The normalized spacial score (nSPS) is 11.5. The first-order valence-electron chi connectivity index (χ1n) is 11.0. The lowest BCUT2D eigenvalue weighted by atomic mass is 9.85. The highest BCUT2D eigenvalue weighted by atomic mass is 16.6. The molecular formula is C29H29NO4. The monoisotopic (exact) mass is 455 g/mol. The minimum Gasteiger partial charge on any atom is -0.493 e.